The SMILES string of the molecule is CC[C@H](C)[C@@H](CO)NC(=O)C[C@H](O)[C@H](CC(C)C)NC(=O)[C@H](CC(C)C)NC(=O)[C@H](Cc1cccc2ccccc12)NC(=O)OC(C)(C)C. The normalized spacial score (nSPS) is 15.5. The molecule has 11 nitrogen and oxygen atoms in total. The molecule has 0 aliphatic carbocycles. The van der Waals surface area contributed by atoms with E-state index in [4.69, 9.17) is 4.74 Å². The molecule has 11 heteroatoms. The van der Waals surface area contributed by atoms with E-state index < -0.39 is 59.7 Å². The first kappa shape index (κ1) is 41.5. The fourth-order valence-corrected chi connectivity index (χ4v) is 5.68. The van der Waals surface area contributed by atoms with Crippen LogP contribution in [0.5, 0.6) is 0 Å². The van der Waals surface area contributed by atoms with E-state index in [1.165, 1.54) is 0 Å². The van der Waals surface area contributed by atoms with E-state index in [1.54, 1.807) is 20.8 Å². The minimum Gasteiger partial charge on any atom is -0.444 e. The second-order valence-electron chi connectivity index (χ2n) is 15.0. The van der Waals surface area contributed by atoms with Crippen LogP contribution < -0.4 is 21.3 Å². The molecule has 4 amide bonds. The van der Waals surface area contributed by atoms with E-state index in [1.807, 2.05) is 84.0 Å². The Morgan fingerprint density at radius 1 is 0.776 bits per heavy atom. The van der Waals surface area contributed by atoms with E-state index in [2.05, 4.69) is 21.3 Å². The van der Waals surface area contributed by atoms with Crippen LogP contribution >= 0.6 is 0 Å². The molecule has 0 heterocycles. The van der Waals surface area contributed by atoms with Crippen LogP contribution in [0, 0.1) is 17.8 Å². The summed E-state index contributed by atoms with van der Waals surface area (Å²) in [5.41, 5.74) is 0.0513. The lowest BCUT2D eigenvalue weighted by Crippen LogP contribution is -2.57. The molecule has 2 aromatic carbocycles. The molecular formula is C38H60N4O7. The molecular weight excluding hydrogens is 624 g/mol. The molecule has 0 saturated heterocycles. The molecule has 0 aliphatic rings. The van der Waals surface area contributed by atoms with Gasteiger partial charge in [-0.25, -0.2) is 4.79 Å². The van der Waals surface area contributed by atoms with Crippen molar-refractivity contribution >= 4 is 34.6 Å². The largest absolute Gasteiger partial charge is 0.444 e. The number of aliphatic hydroxyl groups excluding tert-OH is 2. The third-order valence-electron chi connectivity index (χ3n) is 8.44. The molecule has 0 radical (unpaired) electrons. The van der Waals surface area contributed by atoms with Crippen molar-refractivity contribution in [2.75, 3.05) is 6.61 Å². The molecule has 0 bridgehead atoms. The molecule has 0 spiro atoms. The van der Waals surface area contributed by atoms with Crippen molar-refractivity contribution in [1.29, 1.82) is 0 Å². The summed E-state index contributed by atoms with van der Waals surface area (Å²) in [7, 11) is 0. The van der Waals surface area contributed by atoms with Crippen LogP contribution in [-0.2, 0) is 25.5 Å². The van der Waals surface area contributed by atoms with Gasteiger partial charge < -0.3 is 36.2 Å². The predicted octanol–water partition coefficient (Wildman–Crippen LogP) is 4.61. The third-order valence-corrected chi connectivity index (χ3v) is 8.44. The fourth-order valence-electron chi connectivity index (χ4n) is 5.68. The second-order valence-corrected chi connectivity index (χ2v) is 15.0. The Bertz CT molecular complexity index is 1370. The number of fused-ring (bicyclic) bond motifs is 1. The van der Waals surface area contributed by atoms with Crippen LogP contribution in [0.15, 0.2) is 42.5 Å². The number of carbonyl (C=O) groups is 4. The molecule has 274 valence electrons. The van der Waals surface area contributed by atoms with Gasteiger partial charge in [0, 0.05) is 6.42 Å². The van der Waals surface area contributed by atoms with Gasteiger partial charge in [0.1, 0.15) is 17.7 Å². The van der Waals surface area contributed by atoms with Crippen LogP contribution in [0.1, 0.15) is 93.6 Å². The van der Waals surface area contributed by atoms with Crippen LogP contribution in [0.25, 0.3) is 10.8 Å². The Morgan fingerprint density at radius 2 is 1.39 bits per heavy atom. The van der Waals surface area contributed by atoms with E-state index >= 15 is 0 Å². The van der Waals surface area contributed by atoms with E-state index in [0.717, 1.165) is 22.8 Å². The Kier molecular flexibility index (Phi) is 16.5. The van der Waals surface area contributed by atoms with Gasteiger partial charge in [0.15, 0.2) is 0 Å². The number of carbonyl (C=O) groups excluding carboxylic acids is 4. The first-order valence-electron chi connectivity index (χ1n) is 17.6. The summed E-state index contributed by atoms with van der Waals surface area (Å²) in [6, 6.07) is 10.3. The van der Waals surface area contributed by atoms with Crippen LogP contribution in [0.4, 0.5) is 4.79 Å². The minimum atomic E-state index is -1.20. The molecule has 0 aliphatic heterocycles. The number of nitrogens with one attached hydrogen (secondary N) is 4. The molecule has 0 fully saturated rings. The van der Waals surface area contributed by atoms with Crippen molar-refractivity contribution < 1.29 is 34.1 Å². The zero-order valence-corrected chi connectivity index (χ0v) is 30.8. The van der Waals surface area contributed by atoms with Gasteiger partial charge in [-0.15, -0.1) is 0 Å². The number of amides is 4. The van der Waals surface area contributed by atoms with Crippen LogP contribution in [0.2, 0.25) is 0 Å². The highest BCUT2D eigenvalue weighted by atomic mass is 16.6. The summed E-state index contributed by atoms with van der Waals surface area (Å²) < 4.78 is 5.47. The van der Waals surface area contributed by atoms with Crippen molar-refractivity contribution in [2.45, 2.75) is 130 Å². The summed E-state index contributed by atoms with van der Waals surface area (Å²) in [5.74, 6) is -1.34. The van der Waals surface area contributed by atoms with Crippen LogP contribution in [0.3, 0.4) is 0 Å². The number of hydrogen-bond acceptors (Lipinski definition) is 7. The lowest BCUT2D eigenvalue weighted by Gasteiger charge is -2.30. The number of aliphatic hydroxyl groups is 2. The van der Waals surface area contributed by atoms with E-state index in [0.29, 0.717) is 12.8 Å². The smallest absolute Gasteiger partial charge is 0.408 e. The topological polar surface area (TPSA) is 166 Å². The van der Waals surface area contributed by atoms with Gasteiger partial charge >= 0.3 is 6.09 Å². The summed E-state index contributed by atoms with van der Waals surface area (Å²) in [4.78, 5) is 53.5. The second kappa shape index (κ2) is 19.5. The number of benzene rings is 2. The number of alkyl carbamates (subject to hydrolysis) is 1. The van der Waals surface area contributed by atoms with Crippen molar-refractivity contribution in [1.82, 2.24) is 21.3 Å². The van der Waals surface area contributed by atoms with Gasteiger partial charge in [0.2, 0.25) is 17.7 Å². The zero-order chi connectivity index (χ0) is 36.9. The third kappa shape index (κ3) is 14.4. The van der Waals surface area contributed by atoms with Crippen molar-refractivity contribution in [2.24, 2.45) is 17.8 Å². The quantitative estimate of drug-likeness (QED) is 0.133. The number of hydrogen-bond donors (Lipinski definition) is 6. The monoisotopic (exact) mass is 684 g/mol. The molecule has 6 N–H and O–H groups in total. The average Bonchev–Trinajstić information content (AvgIpc) is 3.00. The Balaban J connectivity index is 2.31. The van der Waals surface area contributed by atoms with Gasteiger partial charge in [0.05, 0.1) is 31.2 Å². The maximum absolute atomic E-state index is 14.0. The predicted molar refractivity (Wildman–Crippen MR) is 193 cm³/mol. The molecule has 49 heavy (non-hydrogen) atoms. The minimum absolute atomic E-state index is 0.0154. The molecule has 6 atom stereocenters. The molecule has 2 aromatic rings. The first-order chi connectivity index (χ1) is 22.9. The lowest BCUT2D eigenvalue weighted by molar-refractivity contribution is -0.132. The maximum atomic E-state index is 14.0. The number of ether oxygens (including phenoxy) is 1. The van der Waals surface area contributed by atoms with Crippen molar-refractivity contribution in [3.05, 3.63) is 48.0 Å². The fraction of sp³-hybridized carbons (Fsp3) is 0.632. The summed E-state index contributed by atoms with van der Waals surface area (Å²) in [6.45, 7) is 16.6. The molecule has 0 aromatic heterocycles. The summed E-state index contributed by atoms with van der Waals surface area (Å²) in [6.07, 6.45) is -0.626. The van der Waals surface area contributed by atoms with Gasteiger partial charge in [0.25, 0.3) is 0 Å². The Labute approximate surface area is 292 Å². The highest BCUT2D eigenvalue weighted by Gasteiger charge is 2.32. The standard InChI is InChI=1S/C38H60N4O7/c1-10-25(6)32(22-43)39-34(45)21-33(44)29(18-23(2)3)40-35(46)30(19-24(4)5)41-36(47)31(42-37(48)49-38(7,8)9)20-27-16-13-15-26-14-11-12-17-28(26)27/h11-17,23-25,29-33,43-44H,10,18-22H2,1-9H3,(H,39,45)(H,40,46)(H,41,47)(H,42,48)/t25-,29-,30-,31-,32+,33-/m0/s1. The average molecular weight is 685 g/mol. The zero-order valence-electron chi connectivity index (χ0n) is 30.8. The van der Waals surface area contributed by atoms with Crippen molar-refractivity contribution in [3.63, 3.8) is 0 Å². The van der Waals surface area contributed by atoms with Crippen molar-refractivity contribution in [3.8, 4) is 0 Å². The summed E-state index contributed by atoms with van der Waals surface area (Å²) in [5, 5.41) is 34.1. The Hall–Kier alpha value is -3.70. The van der Waals surface area contributed by atoms with E-state index in [9.17, 15) is 29.4 Å². The van der Waals surface area contributed by atoms with Gasteiger partial charge in [-0.1, -0.05) is 90.4 Å². The molecule has 2 rings (SSSR count). The highest BCUT2D eigenvalue weighted by Crippen LogP contribution is 2.21. The Morgan fingerprint density at radius 3 is 1.98 bits per heavy atom. The number of rotatable bonds is 18. The van der Waals surface area contributed by atoms with E-state index in [-0.39, 0.29) is 37.2 Å². The van der Waals surface area contributed by atoms with Gasteiger partial charge in [-0.3, -0.25) is 14.4 Å². The lowest BCUT2D eigenvalue weighted by atomic mass is 9.95. The first-order valence-corrected chi connectivity index (χ1v) is 17.6. The van der Waals surface area contributed by atoms with Crippen LogP contribution in [-0.4, -0.2) is 76.5 Å². The van der Waals surface area contributed by atoms with Gasteiger partial charge in [-0.05, 0) is 67.7 Å². The highest BCUT2D eigenvalue weighted by molar-refractivity contribution is 5.93. The summed E-state index contributed by atoms with van der Waals surface area (Å²) >= 11 is 0. The van der Waals surface area contributed by atoms with Gasteiger partial charge in [-0.2, -0.15) is 0 Å². The molecule has 0 saturated carbocycles. The maximum Gasteiger partial charge on any atom is 0.408 e. The molecule has 0 unspecified atom stereocenters.